The molecule has 1 heterocycles. The van der Waals surface area contributed by atoms with Gasteiger partial charge in [0.05, 0.1) is 11.8 Å². The molecule has 6 aliphatic rings. The van der Waals surface area contributed by atoms with E-state index in [0.29, 0.717) is 0 Å². The standard InChI is InChI=1S/C16H16O3/c17-13-11-9-3-4-10(12(11)14(18)19-13)16-6-2-1-5-15(9,16)7-8-16/h3-4,7-12H,1-2,5-6H2/t9-,10-,11+,12+,15-,16-/m1/s1. The Hall–Kier alpha value is -1.38. The maximum atomic E-state index is 12.1. The second-order valence-corrected chi connectivity index (χ2v) is 6.85. The predicted molar refractivity (Wildman–Crippen MR) is 66.7 cm³/mol. The smallest absolute Gasteiger partial charge is 0.318 e. The summed E-state index contributed by atoms with van der Waals surface area (Å²) in [6.45, 7) is 0. The number of esters is 2. The van der Waals surface area contributed by atoms with E-state index in [-0.39, 0.29) is 46.4 Å². The zero-order chi connectivity index (χ0) is 12.8. The predicted octanol–water partition coefficient (Wildman–Crippen LogP) is 2.23. The Balaban J connectivity index is 1.75. The number of hydrogen-bond donors (Lipinski definition) is 0. The van der Waals surface area contributed by atoms with Crippen molar-refractivity contribution in [3.8, 4) is 0 Å². The van der Waals surface area contributed by atoms with Gasteiger partial charge in [0.2, 0.25) is 0 Å². The van der Waals surface area contributed by atoms with Crippen molar-refractivity contribution in [2.75, 3.05) is 0 Å². The molecule has 1 aliphatic heterocycles. The molecular formula is C16H16O3. The maximum absolute atomic E-state index is 12.1. The molecule has 3 fully saturated rings. The number of hydrogen-bond acceptors (Lipinski definition) is 3. The molecule has 6 atom stereocenters. The van der Waals surface area contributed by atoms with Crippen LogP contribution in [0.5, 0.6) is 0 Å². The van der Waals surface area contributed by atoms with Gasteiger partial charge in [-0.1, -0.05) is 37.1 Å². The van der Waals surface area contributed by atoms with Crippen molar-refractivity contribution < 1.29 is 14.3 Å². The highest BCUT2D eigenvalue weighted by atomic mass is 16.6. The SMILES string of the molecule is O=C1OC(=O)[C@@H]2[C@@H]1[C@H]1C=C[C@H]2[C@@]23C=C[C@]12CCCC3. The minimum atomic E-state index is -0.275. The molecule has 19 heavy (non-hydrogen) atoms. The maximum Gasteiger partial charge on any atom is 0.318 e. The van der Waals surface area contributed by atoms with Gasteiger partial charge in [-0.05, 0) is 12.8 Å². The van der Waals surface area contributed by atoms with Crippen molar-refractivity contribution in [3.05, 3.63) is 24.3 Å². The normalized spacial score (nSPS) is 56.2. The van der Waals surface area contributed by atoms with Crippen LogP contribution in [-0.2, 0) is 14.3 Å². The minimum Gasteiger partial charge on any atom is -0.393 e. The first-order valence-electron chi connectivity index (χ1n) is 7.34. The zero-order valence-corrected chi connectivity index (χ0v) is 10.7. The summed E-state index contributed by atoms with van der Waals surface area (Å²) < 4.78 is 4.97. The molecular weight excluding hydrogens is 240 g/mol. The monoisotopic (exact) mass is 256 g/mol. The molecule has 2 saturated carbocycles. The van der Waals surface area contributed by atoms with E-state index in [0.717, 1.165) is 0 Å². The van der Waals surface area contributed by atoms with Crippen molar-refractivity contribution in [3.63, 3.8) is 0 Å². The van der Waals surface area contributed by atoms with Crippen molar-refractivity contribution in [2.24, 2.45) is 34.5 Å². The van der Waals surface area contributed by atoms with Crippen LogP contribution >= 0.6 is 0 Å². The molecule has 0 unspecified atom stereocenters. The molecule has 1 saturated heterocycles. The second-order valence-electron chi connectivity index (χ2n) is 6.85. The van der Waals surface area contributed by atoms with Gasteiger partial charge in [-0.25, -0.2) is 0 Å². The van der Waals surface area contributed by atoms with E-state index in [2.05, 4.69) is 24.3 Å². The Labute approximate surface area is 111 Å². The number of rotatable bonds is 0. The Morgan fingerprint density at radius 3 is 1.79 bits per heavy atom. The third-order valence-electron chi connectivity index (χ3n) is 6.60. The summed E-state index contributed by atoms with van der Waals surface area (Å²) in [6.07, 6.45) is 13.9. The van der Waals surface area contributed by atoms with Crippen molar-refractivity contribution in [1.82, 2.24) is 0 Å². The lowest BCUT2D eigenvalue weighted by molar-refractivity contribution is -0.154. The molecule has 3 heteroatoms. The quantitative estimate of drug-likeness (QED) is 0.379. The average molecular weight is 256 g/mol. The fourth-order valence-electron chi connectivity index (χ4n) is 5.89. The summed E-state index contributed by atoms with van der Waals surface area (Å²) >= 11 is 0. The molecule has 98 valence electrons. The molecule has 0 aromatic carbocycles. The van der Waals surface area contributed by atoms with Gasteiger partial charge in [0.25, 0.3) is 0 Å². The summed E-state index contributed by atoms with van der Waals surface area (Å²) in [5.74, 6) is -0.595. The van der Waals surface area contributed by atoms with E-state index in [9.17, 15) is 9.59 Å². The summed E-state index contributed by atoms with van der Waals surface area (Å²) in [5, 5.41) is 0. The van der Waals surface area contributed by atoms with Crippen LogP contribution in [0.4, 0.5) is 0 Å². The van der Waals surface area contributed by atoms with Crippen LogP contribution in [0.25, 0.3) is 0 Å². The van der Waals surface area contributed by atoms with Crippen LogP contribution in [0.3, 0.4) is 0 Å². The Morgan fingerprint density at radius 1 is 0.895 bits per heavy atom. The lowest BCUT2D eigenvalue weighted by Gasteiger charge is -2.69. The first-order chi connectivity index (χ1) is 9.20. The molecule has 0 aromatic heterocycles. The molecule has 2 bridgehead atoms. The van der Waals surface area contributed by atoms with Gasteiger partial charge in [-0.2, -0.15) is 0 Å². The second kappa shape index (κ2) is 2.87. The Morgan fingerprint density at radius 2 is 1.37 bits per heavy atom. The molecule has 3 nitrogen and oxygen atoms in total. The lowest BCUT2D eigenvalue weighted by atomic mass is 9.32. The number of carbonyl (C=O) groups is 2. The highest BCUT2D eigenvalue weighted by Gasteiger charge is 2.74. The summed E-state index contributed by atoms with van der Waals surface area (Å²) in [6, 6.07) is 0. The molecule has 6 rings (SSSR count). The molecule has 0 radical (unpaired) electrons. The van der Waals surface area contributed by atoms with Gasteiger partial charge >= 0.3 is 11.9 Å². The first-order valence-corrected chi connectivity index (χ1v) is 7.34. The van der Waals surface area contributed by atoms with Gasteiger partial charge in [0.1, 0.15) is 0 Å². The molecule has 5 aliphatic carbocycles. The largest absolute Gasteiger partial charge is 0.393 e. The zero-order valence-electron chi connectivity index (χ0n) is 10.7. The van der Waals surface area contributed by atoms with E-state index >= 15 is 0 Å². The van der Waals surface area contributed by atoms with Crippen LogP contribution < -0.4 is 0 Å². The number of ether oxygens (including phenoxy) is 1. The molecule has 0 amide bonds. The number of carbonyl (C=O) groups excluding carboxylic acids is 2. The van der Waals surface area contributed by atoms with Gasteiger partial charge in [0, 0.05) is 22.7 Å². The highest BCUT2D eigenvalue weighted by molar-refractivity contribution is 5.98. The van der Waals surface area contributed by atoms with Crippen LogP contribution in [0.2, 0.25) is 0 Å². The fourth-order valence-corrected chi connectivity index (χ4v) is 5.89. The number of allylic oxidation sites excluding steroid dienone is 4. The van der Waals surface area contributed by atoms with Crippen molar-refractivity contribution in [1.29, 1.82) is 0 Å². The topological polar surface area (TPSA) is 43.4 Å². The van der Waals surface area contributed by atoms with Gasteiger partial charge in [0.15, 0.2) is 0 Å². The van der Waals surface area contributed by atoms with Crippen LogP contribution in [-0.4, -0.2) is 11.9 Å². The van der Waals surface area contributed by atoms with Gasteiger partial charge in [-0.3, -0.25) is 9.59 Å². The van der Waals surface area contributed by atoms with E-state index in [1.54, 1.807) is 0 Å². The van der Waals surface area contributed by atoms with E-state index in [4.69, 9.17) is 4.74 Å². The summed E-state index contributed by atoms with van der Waals surface area (Å²) in [7, 11) is 0. The summed E-state index contributed by atoms with van der Waals surface area (Å²) in [4.78, 5) is 24.1. The Kier molecular flexibility index (Phi) is 1.57. The Bertz CT molecular complexity index is 527. The average Bonchev–Trinajstić information content (AvgIpc) is 2.69. The molecule has 0 spiro atoms. The third kappa shape index (κ3) is 0.851. The number of cyclic esters (lactones) is 2. The van der Waals surface area contributed by atoms with Crippen LogP contribution in [0.15, 0.2) is 24.3 Å². The van der Waals surface area contributed by atoms with Crippen molar-refractivity contribution >= 4 is 11.9 Å². The highest BCUT2D eigenvalue weighted by Crippen LogP contribution is 2.75. The lowest BCUT2D eigenvalue weighted by Crippen LogP contribution is -2.66. The van der Waals surface area contributed by atoms with Gasteiger partial charge < -0.3 is 4.74 Å². The van der Waals surface area contributed by atoms with Crippen LogP contribution in [0, 0.1) is 34.5 Å². The summed E-state index contributed by atoms with van der Waals surface area (Å²) in [5.41, 5.74) is 0.297. The van der Waals surface area contributed by atoms with E-state index in [1.165, 1.54) is 25.7 Å². The minimum absolute atomic E-state index is 0.148. The molecule has 0 N–H and O–H groups in total. The van der Waals surface area contributed by atoms with Crippen molar-refractivity contribution in [2.45, 2.75) is 25.7 Å². The van der Waals surface area contributed by atoms with Gasteiger partial charge in [-0.15, -0.1) is 0 Å². The molecule has 0 aromatic rings. The first kappa shape index (κ1) is 10.4. The third-order valence-corrected chi connectivity index (χ3v) is 6.60. The van der Waals surface area contributed by atoms with Crippen LogP contribution in [0.1, 0.15) is 25.7 Å². The van der Waals surface area contributed by atoms with E-state index < -0.39 is 0 Å². The van der Waals surface area contributed by atoms with E-state index in [1.807, 2.05) is 0 Å². The fraction of sp³-hybridized carbons (Fsp3) is 0.625.